The highest BCUT2D eigenvalue weighted by atomic mass is 32.1. The van der Waals surface area contributed by atoms with Crippen molar-refractivity contribution in [2.45, 2.75) is 6.92 Å². The van der Waals surface area contributed by atoms with Gasteiger partial charge in [-0.2, -0.15) is 0 Å². The molecule has 0 unspecified atom stereocenters. The fourth-order valence-corrected chi connectivity index (χ4v) is 1.66. The smallest absolute Gasteiger partial charge is 0.126 e. The van der Waals surface area contributed by atoms with Crippen molar-refractivity contribution in [2.75, 3.05) is 0 Å². The van der Waals surface area contributed by atoms with Crippen LogP contribution in [0.1, 0.15) is 5.69 Å². The van der Waals surface area contributed by atoms with E-state index >= 15 is 0 Å². The first kappa shape index (κ1) is 6.61. The highest BCUT2D eigenvalue weighted by Gasteiger charge is 2.01. The van der Waals surface area contributed by atoms with Gasteiger partial charge >= 0.3 is 0 Å². The average Bonchev–Trinajstić information content (AvgIpc) is 2.55. The van der Waals surface area contributed by atoms with Gasteiger partial charge in [-0.05, 0) is 13.0 Å². The standard InChI is InChI=1S/C8H7NOS/c1-6-5-11-8(9-6)7-2-3-10-4-7/h2-5H,1H3. The number of aromatic nitrogens is 1. The van der Waals surface area contributed by atoms with Crippen molar-refractivity contribution in [3.05, 3.63) is 29.7 Å². The molecular formula is C8H7NOS. The van der Waals surface area contributed by atoms with Gasteiger partial charge in [-0.1, -0.05) is 0 Å². The molecule has 0 amide bonds. The van der Waals surface area contributed by atoms with Crippen LogP contribution in [-0.4, -0.2) is 4.98 Å². The van der Waals surface area contributed by atoms with Crippen LogP contribution in [0.3, 0.4) is 0 Å². The topological polar surface area (TPSA) is 26.0 Å². The Morgan fingerprint density at radius 1 is 1.55 bits per heavy atom. The summed E-state index contributed by atoms with van der Waals surface area (Å²) in [5.74, 6) is 0. The summed E-state index contributed by atoms with van der Waals surface area (Å²) in [5.41, 5.74) is 2.12. The number of rotatable bonds is 1. The van der Waals surface area contributed by atoms with Crippen molar-refractivity contribution in [3.63, 3.8) is 0 Å². The van der Waals surface area contributed by atoms with Crippen molar-refractivity contribution < 1.29 is 4.42 Å². The van der Waals surface area contributed by atoms with Gasteiger partial charge < -0.3 is 4.42 Å². The Hall–Kier alpha value is -1.09. The first-order chi connectivity index (χ1) is 5.36. The monoisotopic (exact) mass is 165 g/mol. The number of hydrogen-bond acceptors (Lipinski definition) is 3. The lowest BCUT2D eigenvalue weighted by molar-refractivity contribution is 0.568. The highest BCUT2D eigenvalue weighted by molar-refractivity contribution is 7.13. The van der Waals surface area contributed by atoms with Crippen LogP contribution < -0.4 is 0 Å². The molecule has 2 aromatic heterocycles. The fraction of sp³-hybridized carbons (Fsp3) is 0.125. The minimum Gasteiger partial charge on any atom is -0.472 e. The largest absolute Gasteiger partial charge is 0.472 e. The molecule has 56 valence electrons. The summed E-state index contributed by atoms with van der Waals surface area (Å²) in [6, 6.07) is 1.91. The lowest BCUT2D eigenvalue weighted by Gasteiger charge is -1.83. The summed E-state index contributed by atoms with van der Waals surface area (Å²) in [5, 5.41) is 3.05. The summed E-state index contributed by atoms with van der Waals surface area (Å²) in [4.78, 5) is 4.31. The van der Waals surface area contributed by atoms with Gasteiger partial charge in [0, 0.05) is 16.6 Å². The van der Waals surface area contributed by atoms with E-state index in [0.717, 1.165) is 16.3 Å². The number of aryl methyl sites for hydroxylation is 1. The maximum Gasteiger partial charge on any atom is 0.126 e. The first-order valence-corrected chi connectivity index (χ1v) is 4.19. The van der Waals surface area contributed by atoms with Crippen molar-refractivity contribution in [1.29, 1.82) is 0 Å². The Balaban J connectivity index is 2.45. The molecule has 2 heterocycles. The Morgan fingerprint density at radius 3 is 3.00 bits per heavy atom. The van der Waals surface area contributed by atoms with E-state index in [4.69, 9.17) is 4.42 Å². The van der Waals surface area contributed by atoms with E-state index in [1.165, 1.54) is 0 Å². The number of hydrogen-bond donors (Lipinski definition) is 0. The summed E-state index contributed by atoms with van der Waals surface area (Å²) in [7, 11) is 0. The van der Waals surface area contributed by atoms with Crippen LogP contribution in [-0.2, 0) is 0 Å². The van der Waals surface area contributed by atoms with Crippen LogP contribution in [0.25, 0.3) is 10.6 Å². The van der Waals surface area contributed by atoms with E-state index in [2.05, 4.69) is 4.98 Å². The summed E-state index contributed by atoms with van der Waals surface area (Å²) < 4.78 is 4.94. The third kappa shape index (κ3) is 1.19. The fourth-order valence-electron chi connectivity index (χ4n) is 0.873. The summed E-state index contributed by atoms with van der Waals surface area (Å²) in [6.45, 7) is 1.99. The second kappa shape index (κ2) is 2.51. The molecule has 0 atom stereocenters. The molecule has 11 heavy (non-hydrogen) atoms. The molecule has 0 aliphatic rings. The molecule has 0 saturated heterocycles. The molecule has 0 spiro atoms. The molecule has 3 heteroatoms. The van der Waals surface area contributed by atoms with Crippen LogP contribution in [0, 0.1) is 6.92 Å². The van der Waals surface area contributed by atoms with Gasteiger partial charge in [0.15, 0.2) is 0 Å². The summed E-state index contributed by atoms with van der Waals surface area (Å²) in [6.07, 6.45) is 3.37. The second-order valence-corrected chi connectivity index (χ2v) is 3.16. The Morgan fingerprint density at radius 2 is 2.45 bits per heavy atom. The molecule has 2 rings (SSSR count). The van der Waals surface area contributed by atoms with E-state index in [1.54, 1.807) is 23.9 Å². The van der Waals surface area contributed by atoms with Crippen molar-refractivity contribution in [1.82, 2.24) is 4.98 Å². The zero-order valence-electron chi connectivity index (χ0n) is 6.07. The number of nitrogens with zero attached hydrogens (tertiary/aromatic N) is 1. The van der Waals surface area contributed by atoms with Crippen LogP contribution in [0.15, 0.2) is 28.4 Å². The normalized spacial score (nSPS) is 10.3. The second-order valence-electron chi connectivity index (χ2n) is 2.31. The van der Waals surface area contributed by atoms with Gasteiger partial charge in [-0.25, -0.2) is 4.98 Å². The molecule has 0 saturated carbocycles. The SMILES string of the molecule is Cc1csc(-c2ccoc2)n1. The Bertz CT molecular complexity index is 337. The molecule has 0 aliphatic carbocycles. The first-order valence-electron chi connectivity index (χ1n) is 3.31. The highest BCUT2D eigenvalue weighted by Crippen LogP contribution is 2.23. The molecule has 2 nitrogen and oxygen atoms in total. The van der Waals surface area contributed by atoms with E-state index in [0.29, 0.717) is 0 Å². The van der Waals surface area contributed by atoms with Crippen molar-refractivity contribution >= 4 is 11.3 Å². The molecule has 0 radical (unpaired) electrons. The Kier molecular flexibility index (Phi) is 1.51. The maximum atomic E-state index is 4.94. The molecule has 0 fully saturated rings. The van der Waals surface area contributed by atoms with Gasteiger partial charge in [0.05, 0.1) is 6.26 Å². The lowest BCUT2D eigenvalue weighted by atomic mass is 10.4. The quantitative estimate of drug-likeness (QED) is 0.649. The zero-order valence-corrected chi connectivity index (χ0v) is 6.89. The third-order valence-electron chi connectivity index (χ3n) is 1.39. The predicted octanol–water partition coefficient (Wildman–Crippen LogP) is 2.71. The van der Waals surface area contributed by atoms with Gasteiger partial charge in [0.25, 0.3) is 0 Å². The summed E-state index contributed by atoms with van der Waals surface area (Å²) >= 11 is 1.64. The van der Waals surface area contributed by atoms with Gasteiger partial charge in [0.1, 0.15) is 11.3 Å². The molecule has 0 N–H and O–H groups in total. The number of furan rings is 1. The van der Waals surface area contributed by atoms with Crippen LogP contribution in [0.2, 0.25) is 0 Å². The zero-order chi connectivity index (χ0) is 7.68. The van der Waals surface area contributed by atoms with Gasteiger partial charge in [-0.3, -0.25) is 0 Å². The molecule has 2 aromatic rings. The molecule has 0 aliphatic heterocycles. The van der Waals surface area contributed by atoms with E-state index < -0.39 is 0 Å². The number of thiazole rings is 1. The van der Waals surface area contributed by atoms with Crippen molar-refractivity contribution in [3.8, 4) is 10.6 Å². The predicted molar refractivity (Wildman–Crippen MR) is 44.6 cm³/mol. The van der Waals surface area contributed by atoms with Crippen LogP contribution >= 0.6 is 11.3 Å². The Labute approximate surface area is 68.5 Å². The van der Waals surface area contributed by atoms with Crippen molar-refractivity contribution in [2.24, 2.45) is 0 Å². The maximum absolute atomic E-state index is 4.94. The van der Waals surface area contributed by atoms with E-state index in [9.17, 15) is 0 Å². The minimum atomic E-state index is 1.02. The van der Waals surface area contributed by atoms with Crippen LogP contribution in [0.4, 0.5) is 0 Å². The minimum absolute atomic E-state index is 1.02. The van der Waals surface area contributed by atoms with Gasteiger partial charge in [-0.15, -0.1) is 11.3 Å². The van der Waals surface area contributed by atoms with Crippen LogP contribution in [0.5, 0.6) is 0 Å². The lowest BCUT2D eigenvalue weighted by Crippen LogP contribution is -1.71. The molecular weight excluding hydrogens is 158 g/mol. The third-order valence-corrected chi connectivity index (χ3v) is 2.40. The van der Waals surface area contributed by atoms with E-state index in [-0.39, 0.29) is 0 Å². The molecule has 0 bridgehead atoms. The van der Waals surface area contributed by atoms with E-state index in [1.807, 2.05) is 18.4 Å². The molecule has 0 aromatic carbocycles. The van der Waals surface area contributed by atoms with Gasteiger partial charge in [0.2, 0.25) is 0 Å². The average molecular weight is 165 g/mol.